The second kappa shape index (κ2) is 5.29. The zero-order valence-corrected chi connectivity index (χ0v) is 9.28. The van der Waals surface area contributed by atoms with Gasteiger partial charge in [-0.2, -0.15) is 5.26 Å². The summed E-state index contributed by atoms with van der Waals surface area (Å²) in [6, 6.07) is 5.03. The molecular weight excluding hydrogens is 206 g/mol. The summed E-state index contributed by atoms with van der Waals surface area (Å²) in [5, 5.41) is 18.0. The lowest BCUT2D eigenvalue weighted by Gasteiger charge is -2.11. The van der Waals surface area contributed by atoms with Gasteiger partial charge in [0.25, 0.3) is 0 Å². The number of aliphatic hydroxyl groups excluding tert-OH is 1. The molecule has 0 saturated heterocycles. The van der Waals surface area contributed by atoms with Crippen LogP contribution in [0.2, 0.25) is 0 Å². The van der Waals surface area contributed by atoms with Crippen molar-refractivity contribution in [2.45, 2.75) is 20.0 Å². The van der Waals surface area contributed by atoms with Crippen LogP contribution >= 0.6 is 0 Å². The van der Waals surface area contributed by atoms with Crippen LogP contribution in [0.25, 0.3) is 0 Å². The van der Waals surface area contributed by atoms with Gasteiger partial charge in [0.1, 0.15) is 0 Å². The molecule has 1 rings (SSSR count). The van der Waals surface area contributed by atoms with Crippen LogP contribution in [0.1, 0.15) is 34.0 Å². The molecule has 0 bridgehead atoms. The summed E-state index contributed by atoms with van der Waals surface area (Å²) in [6.07, 6.45) is 0.603. The molecule has 0 spiro atoms. The third kappa shape index (κ3) is 2.20. The fourth-order valence-corrected chi connectivity index (χ4v) is 1.65. The third-order valence-electron chi connectivity index (χ3n) is 2.40. The molecule has 4 heteroatoms. The van der Waals surface area contributed by atoms with Crippen LogP contribution in [-0.4, -0.2) is 18.2 Å². The van der Waals surface area contributed by atoms with Crippen molar-refractivity contribution < 1.29 is 14.6 Å². The summed E-state index contributed by atoms with van der Waals surface area (Å²) in [5.41, 5.74) is 2.03. The molecule has 1 N–H and O–H groups in total. The quantitative estimate of drug-likeness (QED) is 0.780. The number of hydrogen-bond acceptors (Lipinski definition) is 4. The molecule has 0 heterocycles. The van der Waals surface area contributed by atoms with E-state index in [4.69, 9.17) is 5.26 Å². The van der Waals surface area contributed by atoms with Gasteiger partial charge in [0.15, 0.2) is 0 Å². The number of esters is 1. The first kappa shape index (κ1) is 12.2. The summed E-state index contributed by atoms with van der Waals surface area (Å²) in [4.78, 5) is 11.5. The second-order valence-electron chi connectivity index (χ2n) is 3.28. The minimum atomic E-state index is -0.483. The molecule has 0 radical (unpaired) electrons. The molecule has 16 heavy (non-hydrogen) atoms. The molecule has 4 nitrogen and oxygen atoms in total. The molecule has 1 aromatic carbocycles. The van der Waals surface area contributed by atoms with Gasteiger partial charge < -0.3 is 9.84 Å². The first-order chi connectivity index (χ1) is 7.67. The highest BCUT2D eigenvalue weighted by atomic mass is 16.5. The van der Waals surface area contributed by atoms with E-state index in [0.717, 1.165) is 5.56 Å². The molecule has 0 unspecified atom stereocenters. The highest BCUT2D eigenvalue weighted by Crippen LogP contribution is 2.19. The van der Waals surface area contributed by atoms with E-state index in [1.807, 2.05) is 13.0 Å². The zero-order valence-electron chi connectivity index (χ0n) is 9.28. The fourth-order valence-electron chi connectivity index (χ4n) is 1.65. The normalized spacial score (nSPS) is 9.62. The number of ether oxygens (including phenoxy) is 1. The summed E-state index contributed by atoms with van der Waals surface area (Å²) in [5.74, 6) is -0.483. The van der Waals surface area contributed by atoms with Gasteiger partial charge in [-0.15, -0.1) is 0 Å². The van der Waals surface area contributed by atoms with Crippen molar-refractivity contribution in [1.82, 2.24) is 0 Å². The van der Waals surface area contributed by atoms with Crippen LogP contribution in [0.5, 0.6) is 0 Å². The van der Waals surface area contributed by atoms with Gasteiger partial charge in [0.2, 0.25) is 0 Å². The molecule has 1 aromatic rings. The van der Waals surface area contributed by atoms with Crippen LogP contribution in [0.15, 0.2) is 12.1 Å². The van der Waals surface area contributed by atoms with Crippen molar-refractivity contribution in [1.29, 1.82) is 5.26 Å². The molecular formula is C12H13NO3. The predicted molar refractivity (Wildman–Crippen MR) is 57.8 cm³/mol. The number of benzene rings is 1. The molecule has 0 amide bonds. The van der Waals surface area contributed by atoms with Crippen LogP contribution in [0.4, 0.5) is 0 Å². The summed E-state index contributed by atoms with van der Waals surface area (Å²) < 4.78 is 4.65. The van der Waals surface area contributed by atoms with Crippen LogP contribution in [0, 0.1) is 11.3 Å². The SMILES string of the molecule is CCc1c(CO)cc(C#N)cc1C(=O)OC. The number of nitrogens with zero attached hydrogens (tertiary/aromatic N) is 1. The molecule has 0 saturated carbocycles. The van der Waals surface area contributed by atoms with Crippen LogP contribution < -0.4 is 0 Å². The maximum absolute atomic E-state index is 11.5. The van der Waals surface area contributed by atoms with Crippen LogP contribution in [-0.2, 0) is 17.8 Å². The van der Waals surface area contributed by atoms with Gasteiger partial charge in [-0.25, -0.2) is 4.79 Å². The first-order valence-electron chi connectivity index (χ1n) is 4.93. The first-order valence-corrected chi connectivity index (χ1v) is 4.93. The number of carbonyl (C=O) groups is 1. The Hall–Kier alpha value is -1.86. The lowest BCUT2D eigenvalue weighted by Crippen LogP contribution is -2.09. The topological polar surface area (TPSA) is 70.3 Å². The smallest absolute Gasteiger partial charge is 0.338 e. The Balaban J connectivity index is 3.44. The monoisotopic (exact) mass is 219 g/mol. The van der Waals surface area contributed by atoms with Gasteiger partial charge in [-0.05, 0) is 29.7 Å². The molecule has 0 aliphatic carbocycles. The molecule has 0 aliphatic heterocycles. The van der Waals surface area contributed by atoms with Crippen molar-refractivity contribution in [2.24, 2.45) is 0 Å². The third-order valence-corrected chi connectivity index (χ3v) is 2.40. The Morgan fingerprint density at radius 1 is 1.56 bits per heavy atom. The fraction of sp³-hybridized carbons (Fsp3) is 0.333. The number of rotatable bonds is 3. The predicted octanol–water partition coefficient (Wildman–Crippen LogP) is 1.40. The molecule has 0 atom stereocenters. The molecule has 0 aliphatic rings. The number of carbonyl (C=O) groups excluding carboxylic acids is 1. The maximum Gasteiger partial charge on any atom is 0.338 e. The molecule has 0 aromatic heterocycles. The van der Waals surface area contributed by atoms with Gasteiger partial charge in [0, 0.05) is 0 Å². The standard InChI is InChI=1S/C12H13NO3/c1-3-10-9(7-14)4-8(6-13)5-11(10)12(15)16-2/h4-5,14H,3,7H2,1-2H3. The van der Waals surface area contributed by atoms with Gasteiger partial charge in [0.05, 0.1) is 30.9 Å². The Morgan fingerprint density at radius 3 is 2.69 bits per heavy atom. The van der Waals surface area contributed by atoms with E-state index in [2.05, 4.69) is 4.74 Å². The minimum absolute atomic E-state index is 0.192. The minimum Gasteiger partial charge on any atom is -0.465 e. The van der Waals surface area contributed by atoms with Crippen molar-refractivity contribution >= 4 is 5.97 Å². The van der Waals surface area contributed by atoms with Crippen molar-refractivity contribution in [2.75, 3.05) is 7.11 Å². The van der Waals surface area contributed by atoms with Crippen molar-refractivity contribution in [3.8, 4) is 6.07 Å². The Morgan fingerprint density at radius 2 is 2.25 bits per heavy atom. The van der Waals surface area contributed by atoms with Crippen molar-refractivity contribution in [3.63, 3.8) is 0 Å². The lowest BCUT2D eigenvalue weighted by molar-refractivity contribution is 0.0599. The maximum atomic E-state index is 11.5. The summed E-state index contributed by atoms with van der Waals surface area (Å²) in [6.45, 7) is 1.69. The van der Waals surface area contributed by atoms with E-state index >= 15 is 0 Å². The highest BCUT2D eigenvalue weighted by Gasteiger charge is 2.15. The highest BCUT2D eigenvalue weighted by molar-refractivity contribution is 5.92. The second-order valence-corrected chi connectivity index (χ2v) is 3.28. The Bertz CT molecular complexity index is 446. The van der Waals surface area contributed by atoms with Gasteiger partial charge in [-0.3, -0.25) is 0 Å². The summed E-state index contributed by atoms with van der Waals surface area (Å²) in [7, 11) is 1.29. The number of hydrogen-bond donors (Lipinski definition) is 1. The number of nitriles is 1. The lowest BCUT2D eigenvalue weighted by atomic mass is 9.96. The molecule has 0 fully saturated rings. The average molecular weight is 219 g/mol. The van der Waals surface area contributed by atoms with E-state index in [1.54, 1.807) is 6.07 Å². The van der Waals surface area contributed by atoms with E-state index < -0.39 is 5.97 Å². The average Bonchev–Trinajstić information content (AvgIpc) is 2.35. The largest absolute Gasteiger partial charge is 0.465 e. The van der Waals surface area contributed by atoms with E-state index in [0.29, 0.717) is 23.1 Å². The van der Waals surface area contributed by atoms with E-state index in [1.165, 1.54) is 13.2 Å². The number of aliphatic hydroxyl groups is 1. The van der Waals surface area contributed by atoms with Crippen molar-refractivity contribution in [3.05, 3.63) is 34.4 Å². The van der Waals surface area contributed by atoms with E-state index in [9.17, 15) is 9.90 Å². The van der Waals surface area contributed by atoms with Gasteiger partial charge in [-0.1, -0.05) is 6.92 Å². The van der Waals surface area contributed by atoms with Crippen LogP contribution in [0.3, 0.4) is 0 Å². The van der Waals surface area contributed by atoms with Gasteiger partial charge >= 0.3 is 5.97 Å². The Kier molecular flexibility index (Phi) is 4.03. The van der Waals surface area contributed by atoms with E-state index in [-0.39, 0.29) is 6.61 Å². The summed E-state index contributed by atoms with van der Waals surface area (Å²) >= 11 is 0. The Labute approximate surface area is 94.1 Å². The zero-order chi connectivity index (χ0) is 12.1. The number of methoxy groups -OCH3 is 1. The molecule has 84 valence electrons.